The first-order valence-corrected chi connectivity index (χ1v) is 10.6. The molecule has 0 amide bonds. The van der Waals surface area contributed by atoms with E-state index in [-0.39, 0.29) is 30.1 Å². The van der Waals surface area contributed by atoms with Gasteiger partial charge in [0, 0.05) is 25.6 Å². The van der Waals surface area contributed by atoms with E-state index in [0.29, 0.717) is 19.2 Å². The highest BCUT2D eigenvalue weighted by Crippen LogP contribution is 2.30. The molecular formula is C21H31IN6O2. The minimum atomic E-state index is -0.0865. The third-order valence-corrected chi connectivity index (χ3v) is 5.37. The van der Waals surface area contributed by atoms with E-state index in [4.69, 9.17) is 14.5 Å². The number of nitrogens with zero attached hydrogens (tertiary/aromatic N) is 4. The molecule has 1 aliphatic carbocycles. The first kappa shape index (κ1) is 22.6. The van der Waals surface area contributed by atoms with Crippen LogP contribution < -0.4 is 20.1 Å². The number of aryl methyl sites for hydroxylation is 1. The third-order valence-electron chi connectivity index (χ3n) is 5.37. The van der Waals surface area contributed by atoms with Gasteiger partial charge in [0.05, 0.1) is 6.54 Å². The van der Waals surface area contributed by atoms with E-state index in [1.54, 1.807) is 6.33 Å². The van der Waals surface area contributed by atoms with E-state index in [1.165, 1.54) is 25.7 Å². The van der Waals surface area contributed by atoms with Gasteiger partial charge in [0.1, 0.15) is 18.8 Å². The zero-order chi connectivity index (χ0) is 19.9. The molecule has 1 unspecified atom stereocenters. The van der Waals surface area contributed by atoms with E-state index in [9.17, 15) is 0 Å². The Balaban J connectivity index is 0.00000256. The summed E-state index contributed by atoms with van der Waals surface area (Å²) in [7, 11) is 0. The zero-order valence-electron chi connectivity index (χ0n) is 17.4. The Morgan fingerprint density at radius 3 is 2.83 bits per heavy atom. The zero-order valence-corrected chi connectivity index (χ0v) is 19.7. The van der Waals surface area contributed by atoms with Crippen molar-refractivity contribution in [2.24, 2.45) is 4.99 Å². The standard InChI is InChI=1S/C21H30N6O2.HI/c1-2-20-26-24-15-27(20)12-11-22-21(25-16-7-3-4-8-16)23-13-17-14-28-18-9-5-6-10-19(18)29-17;/h5-6,9-10,15-17H,2-4,7-8,11-14H2,1H3,(H2,22,23,25);1H. The molecule has 1 aromatic heterocycles. The topological polar surface area (TPSA) is 85.6 Å². The summed E-state index contributed by atoms with van der Waals surface area (Å²) in [6.45, 7) is 4.71. The molecule has 2 aromatic rings. The summed E-state index contributed by atoms with van der Waals surface area (Å²) >= 11 is 0. The molecule has 1 atom stereocenters. The van der Waals surface area contributed by atoms with Gasteiger partial charge < -0.3 is 24.7 Å². The van der Waals surface area contributed by atoms with Crippen molar-refractivity contribution in [3.8, 4) is 11.5 Å². The Bertz CT molecular complexity index is 821. The largest absolute Gasteiger partial charge is 0.486 e. The molecule has 0 saturated heterocycles. The Morgan fingerprint density at radius 1 is 1.23 bits per heavy atom. The smallest absolute Gasteiger partial charge is 0.191 e. The predicted molar refractivity (Wildman–Crippen MR) is 127 cm³/mol. The number of aromatic nitrogens is 3. The summed E-state index contributed by atoms with van der Waals surface area (Å²) in [5.74, 6) is 3.43. The summed E-state index contributed by atoms with van der Waals surface area (Å²) in [6, 6.07) is 8.27. The van der Waals surface area contributed by atoms with Gasteiger partial charge in [-0.15, -0.1) is 34.2 Å². The van der Waals surface area contributed by atoms with Gasteiger partial charge in [0.25, 0.3) is 0 Å². The van der Waals surface area contributed by atoms with Crippen molar-refractivity contribution in [3.05, 3.63) is 36.4 Å². The maximum atomic E-state index is 6.04. The second-order valence-electron chi connectivity index (χ2n) is 7.53. The number of rotatable bonds is 7. The molecular weight excluding hydrogens is 495 g/mol. The van der Waals surface area contributed by atoms with Crippen molar-refractivity contribution in [1.29, 1.82) is 0 Å². The molecule has 9 heteroatoms. The molecule has 164 valence electrons. The Morgan fingerprint density at radius 2 is 2.03 bits per heavy atom. The maximum absolute atomic E-state index is 6.04. The van der Waals surface area contributed by atoms with Gasteiger partial charge in [-0.2, -0.15) is 0 Å². The molecule has 30 heavy (non-hydrogen) atoms. The van der Waals surface area contributed by atoms with Crippen LogP contribution in [0.4, 0.5) is 0 Å². The maximum Gasteiger partial charge on any atom is 0.191 e. The molecule has 2 N–H and O–H groups in total. The highest BCUT2D eigenvalue weighted by atomic mass is 127. The molecule has 0 bridgehead atoms. The number of guanidine groups is 1. The number of halogens is 1. The van der Waals surface area contributed by atoms with E-state index in [1.807, 2.05) is 24.3 Å². The summed E-state index contributed by atoms with van der Waals surface area (Å²) in [4.78, 5) is 4.79. The van der Waals surface area contributed by atoms with Gasteiger partial charge in [-0.1, -0.05) is 31.9 Å². The Hall–Kier alpha value is -2.04. The molecule has 0 spiro atoms. The highest BCUT2D eigenvalue weighted by molar-refractivity contribution is 14.0. The van der Waals surface area contributed by atoms with Crippen LogP contribution in [0.25, 0.3) is 0 Å². The normalized spacial score (nSPS) is 18.7. The Labute approximate surface area is 194 Å². The van der Waals surface area contributed by atoms with E-state index in [0.717, 1.165) is 42.8 Å². The van der Waals surface area contributed by atoms with Crippen LogP contribution in [-0.4, -0.2) is 52.6 Å². The van der Waals surface area contributed by atoms with Crippen LogP contribution in [0.1, 0.15) is 38.4 Å². The van der Waals surface area contributed by atoms with Crippen molar-refractivity contribution >= 4 is 29.9 Å². The molecule has 2 aliphatic rings. The average molecular weight is 526 g/mol. The van der Waals surface area contributed by atoms with E-state index >= 15 is 0 Å². The fourth-order valence-corrected chi connectivity index (χ4v) is 3.80. The van der Waals surface area contributed by atoms with Crippen molar-refractivity contribution < 1.29 is 9.47 Å². The van der Waals surface area contributed by atoms with E-state index < -0.39 is 0 Å². The van der Waals surface area contributed by atoms with Gasteiger partial charge in [-0.05, 0) is 25.0 Å². The van der Waals surface area contributed by atoms with Gasteiger partial charge in [0.2, 0.25) is 0 Å². The van der Waals surface area contributed by atoms with Crippen LogP contribution in [0.3, 0.4) is 0 Å². The van der Waals surface area contributed by atoms with Gasteiger partial charge >= 0.3 is 0 Å². The summed E-state index contributed by atoms with van der Waals surface area (Å²) in [5.41, 5.74) is 0. The van der Waals surface area contributed by atoms with Crippen molar-refractivity contribution in [1.82, 2.24) is 25.4 Å². The van der Waals surface area contributed by atoms with Crippen LogP contribution in [0.2, 0.25) is 0 Å². The predicted octanol–water partition coefficient (Wildman–Crippen LogP) is 2.78. The molecule has 8 nitrogen and oxygen atoms in total. The van der Waals surface area contributed by atoms with Gasteiger partial charge in [0.15, 0.2) is 23.6 Å². The van der Waals surface area contributed by atoms with Crippen LogP contribution in [0.5, 0.6) is 11.5 Å². The summed E-state index contributed by atoms with van der Waals surface area (Å²) in [5, 5.41) is 15.2. The van der Waals surface area contributed by atoms with Gasteiger partial charge in [-0.3, -0.25) is 0 Å². The van der Waals surface area contributed by atoms with Crippen molar-refractivity contribution in [2.45, 2.75) is 57.7 Å². The number of aliphatic imine (C=N–C) groups is 1. The fourth-order valence-electron chi connectivity index (χ4n) is 3.80. The Kier molecular flexibility index (Phi) is 8.59. The number of fused-ring (bicyclic) bond motifs is 1. The lowest BCUT2D eigenvalue weighted by Gasteiger charge is -2.26. The minimum absolute atomic E-state index is 0. The third kappa shape index (κ3) is 5.99. The number of hydrogen-bond donors (Lipinski definition) is 2. The van der Waals surface area contributed by atoms with Crippen LogP contribution in [-0.2, 0) is 13.0 Å². The van der Waals surface area contributed by atoms with Gasteiger partial charge in [-0.25, -0.2) is 4.99 Å². The molecule has 1 fully saturated rings. The SMILES string of the molecule is CCc1nncn1CCNC(=NCC1COc2ccccc2O1)NC1CCCC1.I. The minimum Gasteiger partial charge on any atom is -0.486 e. The highest BCUT2D eigenvalue weighted by Gasteiger charge is 2.21. The van der Waals surface area contributed by atoms with Crippen LogP contribution >= 0.6 is 24.0 Å². The number of hydrogen-bond acceptors (Lipinski definition) is 5. The van der Waals surface area contributed by atoms with Crippen LogP contribution in [0, 0.1) is 0 Å². The molecule has 1 saturated carbocycles. The van der Waals surface area contributed by atoms with Crippen molar-refractivity contribution in [2.75, 3.05) is 19.7 Å². The van der Waals surface area contributed by atoms with E-state index in [2.05, 4.69) is 32.3 Å². The molecule has 2 heterocycles. The lowest BCUT2D eigenvalue weighted by molar-refractivity contribution is 0.0971. The summed E-state index contributed by atoms with van der Waals surface area (Å²) < 4.78 is 13.9. The summed E-state index contributed by atoms with van der Waals surface area (Å²) in [6.07, 6.45) is 7.53. The first-order valence-electron chi connectivity index (χ1n) is 10.6. The number of benzene rings is 1. The average Bonchev–Trinajstić information content (AvgIpc) is 3.43. The van der Waals surface area contributed by atoms with Crippen LogP contribution in [0.15, 0.2) is 35.6 Å². The lowest BCUT2D eigenvalue weighted by Crippen LogP contribution is -2.44. The van der Waals surface area contributed by atoms with Crippen molar-refractivity contribution in [3.63, 3.8) is 0 Å². The molecule has 1 aliphatic heterocycles. The molecule has 4 rings (SSSR count). The monoisotopic (exact) mass is 526 g/mol. The first-order chi connectivity index (χ1) is 14.3. The second kappa shape index (κ2) is 11.4. The second-order valence-corrected chi connectivity index (χ2v) is 7.53. The fraction of sp³-hybridized carbons (Fsp3) is 0.571. The number of para-hydroxylation sites is 2. The molecule has 0 radical (unpaired) electrons. The number of nitrogens with one attached hydrogen (secondary N) is 2. The quantitative estimate of drug-likeness (QED) is 0.328. The molecule has 1 aromatic carbocycles. The number of ether oxygens (including phenoxy) is 2. The lowest BCUT2D eigenvalue weighted by atomic mass is 10.2.